The summed E-state index contributed by atoms with van der Waals surface area (Å²) >= 11 is 7.56. The first kappa shape index (κ1) is 17.4. The number of alkyl halides is 1. The van der Waals surface area contributed by atoms with Gasteiger partial charge in [-0.2, -0.15) is 4.98 Å². The van der Waals surface area contributed by atoms with Crippen LogP contribution in [0.15, 0.2) is 11.4 Å². The Balaban J connectivity index is 1.63. The van der Waals surface area contributed by atoms with Crippen LogP contribution < -0.4 is 0 Å². The van der Waals surface area contributed by atoms with E-state index in [9.17, 15) is 14.6 Å². The minimum atomic E-state index is -1.85. The molecule has 2 N–H and O–H groups in total. The normalized spacial score (nSPS) is 33.8. The van der Waals surface area contributed by atoms with Gasteiger partial charge in [0.25, 0.3) is 0 Å². The molecule has 0 spiro atoms. The van der Waals surface area contributed by atoms with Gasteiger partial charge in [0, 0.05) is 0 Å². The van der Waals surface area contributed by atoms with E-state index in [0.717, 1.165) is 25.0 Å². The highest BCUT2D eigenvalue weighted by Crippen LogP contribution is 2.55. The number of nitrogens with zero attached hydrogens (tertiary/aromatic N) is 4. The molecule has 25 heavy (non-hydrogen) atoms. The third-order valence-corrected chi connectivity index (χ3v) is 5.93. The Kier molecular flexibility index (Phi) is 4.40. The molecule has 4 rings (SSSR count). The van der Waals surface area contributed by atoms with Crippen LogP contribution in [0.25, 0.3) is 11.2 Å². The molecule has 3 heterocycles. The van der Waals surface area contributed by atoms with Crippen LogP contribution in [-0.2, 0) is 4.74 Å². The van der Waals surface area contributed by atoms with E-state index in [1.165, 1.54) is 22.7 Å². The first-order valence-electron chi connectivity index (χ1n) is 8.21. The molecule has 2 fully saturated rings. The molecule has 0 bridgehead atoms. The van der Waals surface area contributed by atoms with Gasteiger partial charge in [-0.1, -0.05) is 19.8 Å². The molecular formula is C15H18ClFN4O3S. The highest BCUT2D eigenvalue weighted by Gasteiger charge is 2.77. The van der Waals surface area contributed by atoms with Crippen LogP contribution in [0.5, 0.6) is 0 Å². The number of imidazole rings is 1. The van der Waals surface area contributed by atoms with Crippen LogP contribution in [0, 0.1) is 0 Å². The van der Waals surface area contributed by atoms with Crippen molar-refractivity contribution in [2.75, 3.05) is 5.75 Å². The van der Waals surface area contributed by atoms with Crippen molar-refractivity contribution in [2.45, 2.75) is 61.4 Å². The fourth-order valence-electron chi connectivity index (χ4n) is 3.17. The SMILES string of the molecule is CCCCCSc1nc(Cl)nc2c1ncn2[C@@H]1O[C@@H]2C(O)[C@]2(O)[C@@H]1F. The summed E-state index contributed by atoms with van der Waals surface area (Å²) in [6, 6.07) is 0. The van der Waals surface area contributed by atoms with Gasteiger partial charge in [0.1, 0.15) is 22.8 Å². The summed E-state index contributed by atoms with van der Waals surface area (Å²) in [6.07, 6.45) is -0.292. The molecule has 10 heteroatoms. The summed E-state index contributed by atoms with van der Waals surface area (Å²) in [5.41, 5.74) is -0.977. The quantitative estimate of drug-likeness (QED) is 0.339. The maximum Gasteiger partial charge on any atom is 0.225 e. The van der Waals surface area contributed by atoms with E-state index in [-0.39, 0.29) is 5.28 Å². The lowest BCUT2D eigenvalue weighted by Crippen LogP contribution is -2.33. The molecule has 2 aromatic rings. The monoisotopic (exact) mass is 388 g/mol. The van der Waals surface area contributed by atoms with Crippen molar-refractivity contribution in [1.82, 2.24) is 19.5 Å². The van der Waals surface area contributed by atoms with Crippen molar-refractivity contribution in [1.29, 1.82) is 0 Å². The van der Waals surface area contributed by atoms with Crippen molar-refractivity contribution >= 4 is 34.5 Å². The Morgan fingerprint density at radius 2 is 2.24 bits per heavy atom. The average Bonchev–Trinajstić information content (AvgIpc) is 2.90. The van der Waals surface area contributed by atoms with Gasteiger partial charge in [-0.3, -0.25) is 4.57 Å². The largest absolute Gasteiger partial charge is 0.387 e. The molecule has 2 aliphatic rings. The predicted octanol–water partition coefficient (Wildman–Crippen LogP) is 2.10. The van der Waals surface area contributed by atoms with E-state index in [4.69, 9.17) is 16.3 Å². The van der Waals surface area contributed by atoms with Crippen LogP contribution in [0.3, 0.4) is 0 Å². The van der Waals surface area contributed by atoms with E-state index in [1.807, 2.05) is 0 Å². The topological polar surface area (TPSA) is 93.3 Å². The molecule has 5 atom stereocenters. The fraction of sp³-hybridized carbons (Fsp3) is 0.667. The van der Waals surface area contributed by atoms with Crippen molar-refractivity contribution in [3.8, 4) is 0 Å². The number of hydrogen-bond acceptors (Lipinski definition) is 7. The molecule has 1 aliphatic heterocycles. The molecule has 1 saturated carbocycles. The minimum Gasteiger partial charge on any atom is -0.387 e. The minimum absolute atomic E-state index is 0.0459. The Hall–Kier alpha value is -1.00. The van der Waals surface area contributed by atoms with Crippen molar-refractivity contribution in [2.24, 2.45) is 0 Å². The molecule has 0 amide bonds. The highest BCUT2D eigenvalue weighted by atomic mass is 35.5. The predicted molar refractivity (Wildman–Crippen MR) is 90.3 cm³/mol. The third kappa shape index (κ3) is 2.64. The second-order valence-electron chi connectivity index (χ2n) is 6.36. The molecule has 2 aromatic heterocycles. The maximum atomic E-state index is 14.6. The highest BCUT2D eigenvalue weighted by molar-refractivity contribution is 7.99. The summed E-state index contributed by atoms with van der Waals surface area (Å²) in [5, 5.41) is 20.3. The number of rotatable bonds is 6. The van der Waals surface area contributed by atoms with E-state index in [2.05, 4.69) is 21.9 Å². The van der Waals surface area contributed by atoms with Crippen molar-refractivity contribution in [3.05, 3.63) is 11.6 Å². The number of hydrogen-bond donors (Lipinski definition) is 2. The van der Waals surface area contributed by atoms with Crippen LogP contribution in [0.2, 0.25) is 5.28 Å². The molecule has 1 unspecified atom stereocenters. The standard InChI is InChI=1S/C15H18ClFN4O3S/c1-2-3-4-5-25-12-7-11(19-14(16)20-12)21(6-18-7)13-8(17)15(23)9(22)10(15)24-13/h6,8-10,13,22-23H,2-5H2,1H3/t8-,9?,10-,13-,15-/m1/s1. The molecule has 136 valence electrons. The first-order valence-corrected chi connectivity index (χ1v) is 9.57. The summed E-state index contributed by atoms with van der Waals surface area (Å²) in [7, 11) is 0. The van der Waals surface area contributed by atoms with E-state index in [1.54, 1.807) is 0 Å². The number of thioether (sulfide) groups is 1. The Morgan fingerprint density at radius 1 is 1.44 bits per heavy atom. The van der Waals surface area contributed by atoms with Gasteiger partial charge in [0.15, 0.2) is 23.6 Å². The summed E-state index contributed by atoms with van der Waals surface area (Å²) in [4.78, 5) is 12.7. The number of fused-ring (bicyclic) bond motifs is 2. The van der Waals surface area contributed by atoms with Gasteiger partial charge in [0.2, 0.25) is 5.28 Å². The zero-order valence-corrected chi connectivity index (χ0v) is 15.0. The maximum absolute atomic E-state index is 14.6. The third-order valence-electron chi connectivity index (χ3n) is 4.71. The molecule has 0 radical (unpaired) electrons. The Labute approximate surface area is 152 Å². The summed E-state index contributed by atoms with van der Waals surface area (Å²) in [6.45, 7) is 2.14. The van der Waals surface area contributed by atoms with Crippen LogP contribution >= 0.6 is 23.4 Å². The smallest absolute Gasteiger partial charge is 0.225 e. The van der Waals surface area contributed by atoms with Crippen LogP contribution in [0.4, 0.5) is 4.39 Å². The number of aromatic nitrogens is 4. The molecular weight excluding hydrogens is 371 g/mol. The van der Waals surface area contributed by atoms with Gasteiger partial charge in [-0.05, 0) is 23.8 Å². The summed E-state index contributed by atoms with van der Waals surface area (Å²) in [5.74, 6) is 0.878. The second kappa shape index (κ2) is 6.31. The second-order valence-corrected chi connectivity index (χ2v) is 7.78. The van der Waals surface area contributed by atoms with Gasteiger partial charge in [-0.25, -0.2) is 14.4 Å². The van der Waals surface area contributed by atoms with E-state index >= 15 is 0 Å². The number of aliphatic hydroxyl groups excluding tert-OH is 1. The molecule has 7 nitrogen and oxygen atoms in total. The molecule has 1 saturated heterocycles. The number of halogens is 2. The number of unbranched alkanes of at least 4 members (excludes halogenated alkanes) is 2. The lowest BCUT2D eigenvalue weighted by atomic mass is 10.2. The lowest BCUT2D eigenvalue weighted by molar-refractivity contribution is -0.0610. The number of aliphatic hydroxyl groups is 2. The van der Waals surface area contributed by atoms with Crippen LogP contribution in [0.1, 0.15) is 32.4 Å². The van der Waals surface area contributed by atoms with E-state index in [0.29, 0.717) is 16.2 Å². The number of ether oxygens (including phenoxy) is 1. The van der Waals surface area contributed by atoms with E-state index < -0.39 is 30.2 Å². The Morgan fingerprint density at radius 3 is 2.92 bits per heavy atom. The van der Waals surface area contributed by atoms with Gasteiger partial charge in [-0.15, -0.1) is 11.8 Å². The fourth-order valence-corrected chi connectivity index (χ4v) is 4.36. The first-order chi connectivity index (χ1) is 12.0. The molecule has 1 aliphatic carbocycles. The lowest BCUT2D eigenvalue weighted by Gasteiger charge is -2.20. The molecule has 0 aromatic carbocycles. The summed E-state index contributed by atoms with van der Waals surface area (Å²) < 4.78 is 21.4. The zero-order chi connectivity index (χ0) is 17.8. The van der Waals surface area contributed by atoms with Gasteiger partial charge < -0.3 is 14.9 Å². The van der Waals surface area contributed by atoms with Gasteiger partial charge >= 0.3 is 0 Å². The Bertz CT molecular complexity index is 808. The average molecular weight is 389 g/mol. The zero-order valence-electron chi connectivity index (χ0n) is 13.5. The van der Waals surface area contributed by atoms with Gasteiger partial charge in [0.05, 0.1) is 6.33 Å². The van der Waals surface area contributed by atoms with Crippen LogP contribution in [-0.4, -0.2) is 59.5 Å². The van der Waals surface area contributed by atoms with Crippen molar-refractivity contribution in [3.63, 3.8) is 0 Å². The van der Waals surface area contributed by atoms with Crippen molar-refractivity contribution < 1.29 is 19.3 Å².